The van der Waals surface area contributed by atoms with E-state index in [9.17, 15) is 5.11 Å². The van der Waals surface area contributed by atoms with Gasteiger partial charge in [0.25, 0.3) is 0 Å². The molecule has 4 nitrogen and oxygen atoms in total. The topological polar surface area (TPSA) is 62.4 Å². The summed E-state index contributed by atoms with van der Waals surface area (Å²) < 4.78 is 1.04. The Balaban J connectivity index is 1.31. The summed E-state index contributed by atoms with van der Waals surface area (Å²) >= 11 is 1.47. The average molecular weight is 368 g/mol. The van der Waals surface area contributed by atoms with Gasteiger partial charge >= 0.3 is 0 Å². The Morgan fingerprint density at radius 1 is 1.15 bits per heavy atom. The van der Waals surface area contributed by atoms with Crippen molar-refractivity contribution in [1.82, 2.24) is 9.88 Å². The third-order valence-corrected chi connectivity index (χ3v) is 6.17. The number of aromatic nitrogens is 1. The van der Waals surface area contributed by atoms with Crippen molar-refractivity contribution in [3.63, 3.8) is 0 Å². The minimum atomic E-state index is -0.464. The van der Waals surface area contributed by atoms with Crippen LogP contribution in [-0.4, -0.2) is 34.6 Å². The predicted molar refractivity (Wildman–Crippen MR) is 108 cm³/mol. The summed E-state index contributed by atoms with van der Waals surface area (Å²) in [6.45, 7) is 2.81. The molecule has 1 atom stereocenters. The lowest BCUT2D eigenvalue weighted by Gasteiger charge is -2.33. The molecular weight excluding hydrogens is 342 g/mol. The third-order valence-electron chi connectivity index (χ3n) is 5.32. The molecule has 26 heavy (non-hydrogen) atoms. The molecule has 1 fully saturated rings. The number of piperidine rings is 1. The molecule has 2 heterocycles. The summed E-state index contributed by atoms with van der Waals surface area (Å²) in [5.74, 6) is 0.752. The van der Waals surface area contributed by atoms with E-state index in [-0.39, 0.29) is 0 Å². The first-order valence-electron chi connectivity index (χ1n) is 9.27. The predicted octanol–water partition coefficient (Wildman–Crippen LogP) is 3.87. The van der Waals surface area contributed by atoms with Gasteiger partial charge in [0.2, 0.25) is 0 Å². The zero-order valence-corrected chi connectivity index (χ0v) is 15.7. The summed E-state index contributed by atoms with van der Waals surface area (Å²) in [6.07, 6.45) is 3.10. The van der Waals surface area contributed by atoms with Crippen LogP contribution in [0.2, 0.25) is 0 Å². The van der Waals surface area contributed by atoms with E-state index in [0.717, 1.165) is 34.8 Å². The number of benzene rings is 2. The van der Waals surface area contributed by atoms with Crippen molar-refractivity contribution in [2.75, 3.05) is 25.4 Å². The van der Waals surface area contributed by atoms with Crippen molar-refractivity contribution in [2.45, 2.75) is 25.4 Å². The van der Waals surface area contributed by atoms with Crippen molar-refractivity contribution in [3.05, 3.63) is 59.7 Å². The van der Waals surface area contributed by atoms with E-state index in [1.807, 2.05) is 18.2 Å². The van der Waals surface area contributed by atoms with Gasteiger partial charge in [0.15, 0.2) is 5.13 Å². The molecule has 0 aliphatic carbocycles. The van der Waals surface area contributed by atoms with Gasteiger partial charge in [0.05, 0.1) is 16.3 Å². The highest BCUT2D eigenvalue weighted by atomic mass is 32.1. The maximum absolute atomic E-state index is 10.7. The molecule has 1 unspecified atom stereocenters. The molecule has 136 valence electrons. The molecule has 0 amide bonds. The molecular formula is C21H25N3OS. The first-order chi connectivity index (χ1) is 12.7. The Morgan fingerprint density at radius 2 is 1.92 bits per heavy atom. The summed E-state index contributed by atoms with van der Waals surface area (Å²) in [7, 11) is 0. The van der Waals surface area contributed by atoms with Crippen molar-refractivity contribution in [1.29, 1.82) is 0 Å². The second-order valence-corrected chi connectivity index (χ2v) is 8.29. The summed E-state index contributed by atoms with van der Waals surface area (Å²) in [6, 6.07) is 16.7. The van der Waals surface area contributed by atoms with Gasteiger partial charge in [-0.15, -0.1) is 0 Å². The Hall–Kier alpha value is -1.95. The number of aliphatic hydroxyl groups is 1. The van der Waals surface area contributed by atoms with Crippen LogP contribution in [0.15, 0.2) is 48.5 Å². The van der Waals surface area contributed by atoms with Crippen LogP contribution in [0.25, 0.3) is 10.2 Å². The van der Waals surface area contributed by atoms with Crippen LogP contribution in [0.1, 0.15) is 30.1 Å². The minimum Gasteiger partial charge on any atom is -0.387 e. The Labute approximate surface area is 158 Å². The SMILES string of the molecule is Nc1nc2ccc(C(O)CN3CCC(Cc4ccccc4)CC3)cc2s1. The number of likely N-dealkylation sites (tertiary alicyclic amines) is 1. The first kappa shape index (κ1) is 17.5. The van der Waals surface area contributed by atoms with Gasteiger partial charge in [-0.05, 0) is 61.5 Å². The van der Waals surface area contributed by atoms with Gasteiger partial charge in [-0.1, -0.05) is 47.7 Å². The second-order valence-electron chi connectivity index (χ2n) is 7.23. The van der Waals surface area contributed by atoms with Crippen LogP contribution in [0.4, 0.5) is 5.13 Å². The minimum absolute atomic E-state index is 0.464. The van der Waals surface area contributed by atoms with Crippen molar-refractivity contribution < 1.29 is 5.11 Å². The zero-order valence-electron chi connectivity index (χ0n) is 14.8. The Bertz CT molecular complexity index is 856. The number of nitrogens with zero attached hydrogens (tertiary/aromatic N) is 2. The molecule has 2 aromatic carbocycles. The molecule has 3 aromatic rings. The van der Waals surface area contributed by atoms with E-state index < -0.39 is 6.10 Å². The Morgan fingerprint density at radius 3 is 2.69 bits per heavy atom. The number of thiazole rings is 1. The maximum Gasteiger partial charge on any atom is 0.181 e. The second kappa shape index (κ2) is 7.74. The average Bonchev–Trinajstić information content (AvgIpc) is 3.03. The normalized spacial score (nSPS) is 17.6. The first-order valence-corrected chi connectivity index (χ1v) is 10.1. The summed E-state index contributed by atoms with van der Waals surface area (Å²) in [4.78, 5) is 6.66. The smallest absolute Gasteiger partial charge is 0.181 e. The monoisotopic (exact) mass is 367 g/mol. The van der Waals surface area contributed by atoms with E-state index in [1.54, 1.807) is 0 Å². The van der Waals surface area contributed by atoms with Gasteiger partial charge in [0.1, 0.15) is 0 Å². The quantitative estimate of drug-likeness (QED) is 0.719. The number of fused-ring (bicyclic) bond motifs is 1. The zero-order chi connectivity index (χ0) is 17.9. The van der Waals surface area contributed by atoms with Gasteiger partial charge in [-0.2, -0.15) is 0 Å². The fourth-order valence-corrected chi connectivity index (χ4v) is 4.62. The van der Waals surface area contributed by atoms with Crippen LogP contribution >= 0.6 is 11.3 Å². The summed E-state index contributed by atoms with van der Waals surface area (Å²) in [5.41, 5.74) is 9.06. The number of β-amino-alcohol motifs (C(OH)–C–C–N with tert-alkyl or cyclic N) is 1. The Kier molecular flexibility index (Phi) is 5.20. The van der Waals surface area contributed by atoms with Crippen molar-refractivity contribution >= 4 is 26.7 Å². The van der Waals surface area contributed by atoms with Crippen LogP contribution < -0.4 is 5.73 Å². The number of hydrogen-bond acceptors (Lipinski definition) is 5. The number of nitrogen functional groups attached to an aromatic ring is 1. The molecule has 1 aliphatic rings. The van der Waals surface area contributed by atoms with Gasteiger partial charge < -0.3 is 15.7 Å². The van der Waals surface area contributed by atoms with Crippen molar-refractivity contribution in [3.8, 4) is 0 Å². The molecule has 1 aliphatic heterocycles. The van der Waals surface area contributed by atoms with E-state index in [4.69, 9.17) is 5.73 Å². The molecule has 0 saturated carbocycles. The lowest BCUT2D eigenvalue weighted by Crippen LogP contribution is -2.37. The third kappa shape index (κ3) is 4.06. The molecule has 0 spiro atoms. The largest absolute Gasteiger partial charge is 0.387 e. The summed E-state index contributed by atoms with van der Waals surface area (Å²) in [5, 5.41) is 11.2. The van der Waals surface area contributed by atoms with E-state index in [1.165, 1.54) is 36.2 Å². The molecule has 3 N–H and O–H groups in total. The number of anilines is 1. The van der Waals surface area contributed by atoms with Crippen LogP contribution in [0, 0.1) is 5.92 Å². The van der Waals surface area contributed by atoms with Gasteiger partial charge in [0, 0.05) is 6.54 Å². The molecule has 0 radical (unpaired) electrons. The molecule has 4 rings (SSSR count). The van der Waals surface area contributed by atoms with Crippen LogP contribution in [-0.2, 0) is 6.42 Å². The highest BCUT2D eigenvalue weighted by Crippen LogP contribution is 2.28. The fraction of sp³-hybridized carbons (Fsp3) is 0.381. The molecule has 0 bridgehead atoms. The van der Waals surface area contributed by atoms with Crippen LogP contribution in [0.5, 0.6) is 0 Å². The van der Waals surface area contributed by atoms with Gasteiger partial charge in [-0.3, -0.25) is 0 Å². The fourth-order valence-electron chi connectivity index (χ4n) is 3.84. The van der Waals surface area contributed by atoms with E-state index >= 15 is 0 Å². The molecule has 1 aromatic heterocycles. The van der Waals surface area contributed by atoms with Gasteiger partial charge in [-0.25, -0.2) is 4.98 Å². The number of hydrogen-bond donors (Lipinski definition) is 2. The van der Waals surface area contributed by atoms with E-state index in [0.29, 0.717) is 11.7 Å². The highest BCUT2D eigenvalue weighted by molar-refractivity contribution is 7.22. The molecule has 5 heteroatoms. The van der Waals surface area contributed by atoms with Crippen molar-refractivity contribution in [2.24, 2.45) is 5.92 Å². The standard InChI is InChI=1S/C21H25N3OS/c22-21-23-18-7-6-17(13-20(18)26-21)19(25)14-24-10-8-16(9-11-24)12-15-4-2-1-3-5-15/h1-7,13,16,19,25H,8-12,14H2,(H2,22,23). The van der Waals surface area contributed by atoms with Crippen LogP contribution in [0.3, 0.4) is 0 Å². The number of aliphatic hydroxyl groups excluding tert-OH is 1. The number of nitrogens with two attached hydrogens (primary N) is 1. The molecule has 1 saturated heterocycles. The maximum atomic E-state index is 10.7. The lowest BCUT2D eigenvalue weighted by molar-refractivity contribution is 0.0894. The number of rotatable bonds is 5. The lowest BCUT2D eigenvalue weighted by atomic mass is 9.90. The highest BCUT2D eigenvalue weighted by Gasteiger charge is 2.22. The van der Waals surface area contributed by atoms with E-state index in [2.05, 4.69) is 40.2 Å².